The molecule has 1 saturated heterocycles. The molecule has 1 aliphatic rings. The highest BCUT2D eigenvalue weighted by Crippen LogP contribution is 2.26. The lowest BCUT2D eigenvalue weighted by Gasteiger charge is -2.09. The van der Waals surface area contributed by atoms with Crippen molar-refractivity contribution in [1.29, 1.82) is 0 Å². The molecular weight excluding hydrogens is 370 g/mol. The highest BCUT2D eigenvalue weighted by molar-refractivity contribution is 7.15. The Balaban J connectivity index is 1.41. The monoisotopic (exact) mass is 409 g/mol. The zero-order valence-electron chi connectivity index (χ0n) is 17.7. The van der Waals surface area contributed by atoms with Crippen LogP contribution < -0.4 is 10.1 Å². The van der Waals surface area contributed by atoms with E-state index in [-0.39, 0.29) is 12.1 Å². The van der Waals surface area contributed by atoms with Gasteiger partial charge in [0.2, 0.25) is 0 Å². The van der Waals surface area contributed by atoms with E-state index >= 15 is 0 Å². The molecule has 28 heavy (non-hydrogen) atoms. The Kier molecular flexibility index (Phi) is 12.3. The van der Waals surface area contributed by atoms with Gasteiger partial charge in [-0.3, -0.25) is 0 Å². The molecule has 2 heterocycles. The number of nitrogens with one attached hydrogen (secondary N) is 1. The predicted octanol–water partition coefficient (Wildman–Crippen LogP) is 6.35. The van der Waals surface area contributed by atoms with E-state index in [1.165, 1.54) is 82.0 Å². The molecule has 0 aliphatic carbocycles. The molecule has 0 aromatic carbocycles. The SMILES string of the molecule is CCCCCCCCCCCCCCOc1ccc(C(=O)OC2CCNC2)s1. The van der Waals surface area contributed by atoms with E-state index in [1.54, 1.807) is 0 Å². The minimum absolute atomic E-state index is 0.0139. The number of thiophene rings is 1. The van der Waals surface area contributed by atoms with Crippen molar-refractivity contribution < 1.29 is 14.3 Å². The molecule has 0 bridgehead atoms. The highest BCUT2D eigenvalue weighted by Gasteiger charge is 2.20. The largest absolute Gasteiger partial charge is 0.484 e. The summed E-state index contributed by atoms with van der Waals surface area (Å²) in [6, 6.07) is 3.70. The van der Waals surface area contributed by atoms with Gasteiger partial charge in [0, 0.05) is 6.54 Å². The van der Waals surface area contributed by atoms with Crippen LogP contribution in [0.15, 0.2) is 12.1 Å². The number of hydrogen-bond donors (Lipinski definition) is 1. The summed E-state index contributed by atoms with van der Waals surface area (Å²) >= 11 is 1.39. The van der Waals surface area contributed by atoms with Crippen LogP contribution in [-0.4, -0.2) is 31.8 Å². The van der Waals surface area contributed by atoms with E-state index in [4.69, 9.17) is 9.47 Å². The quantitative estimate of drug-likeness (QED) is 0.255. The summed E-state index contributed by atoms with van der Waals surface area (Å²) < 4.78 is 11.3. The Labute approximate surface area is 175 Å². The first-order valence-corrected chi connectivity index (χ1v) is 12.3. The van der Waals surface area contributed by atoms with Gasteiger partial charge in [-0.1, -0.05) is 88.9 Å². The Morgan fingerprint density at radius 2 is 1.64 bits per heavy atom. The first-order chi connectivity index (χ1) is 13.8. The molecule has 160 valence electrons. The van der Waals surface area contributed by atoms with Gasteiger partial charge < -0.3 is 14.8 Å². The summed E-state index contributed by atoms with van der Waals surface area (Å²) in [5.41, 5.74) is 0. The van der Waals surface area contributed by atoms with Crippen molar-refractivity contribution in [3.8, 4) is 5.06 Å². The first kappa shape index (κ1) is 23.2. The number of unbranched alkanes of at least 4 members (excludes halogenated alkanes) is 11. The van der Waals surface area contributed by atoms with Crippen LogP contribution in [0.4, 0.5) is 0 Å². The summed E-state index contributed by atoms with van der Waals surface area (Å²) in [5.74, 6) is -0.223. The first-order valence-electron chi connectivity index (χ1n) is 11.4. The van der Waals surface area contributed by atoms with E-state index in [0.717, 1.165) is 37.6 Å². The number of carbonyl (C=O) groups is 1. The Bertz CT molecular complexity index is 526. The summed E-state index contributed by atoms with van der Waals surface area (Å²) in [4.78, 5) is 12.7. The minimum Gasteiger partial charge on any atom is -0.484 e. The average Bonchev–Trinajstić information content (AvgIpc) is 3.37. The van der Waals surface area contributed by atoms with Crippen LogP contribution in [0.1, 0.15) is 100 Å². The molecule has 1 fully saturated rings. The fourth-order valence-corrected chi connectivity index (χ4v) is 4.32. The third kappa shape index (κ3) is 9.92. The van der Waals surface area contributed by atoms with Crippen molar-refractivity contribution in [2.24, 2.45) is 0 Å². The molecule has 1 N–H and O–H groups in total. The third-order valence-electron chi connectivity index (χ3n) is 5.31. The van der Waals surface area contributed by atoms with E-state index in [9.17, 15) is 4.79 Å². The van der Waals surface area contributed by atoms with Crippen LogP contribution in [0, 0.1) is 0 Å². The van der Waals surface area contributed by atoms with E-state index in [1.807, 2.05) is 12.1 Å². The second-order valence-electron chi connectivity index (χ2n) is 7.88. The lowest BCUT2D eigenvalue weighted by Crippen LogP contribution is -2.20. The summed E-state index contributed by atoms with van der Waals surface area (Å²) in [5, 5.41) is 4.02. The van der Waals surface area contributed by atoms with E-state index in [2.05, 4.69) is 12.2 Å². The maximum atomic E-state index is 12.1. The fraction of sp³-hybridized carbons (Fsp3) is 0.783. The van der Waals surface area contributed by atoms with Crippen molar-refractivity contribution >= 4 is 17.3 Å². The number of carbonyl (C=O) groups excluding carboxylic acids is 1. The van der Waals surface area contributed by atoms with Crippen LogP contribution in [-0.2, 0) is 4.74 Å². The maximum absolute atomic E-state index is 12.1. The third-order valence-corrected chi connectivity index (χ3v) is 6.29. The van der Waals surface area contributed by atoms with Gasteiger partial charge >= 0.3 is 5.97 Å². The van der Waals surface area contributed by atoms with Gasteiger partial charge in [-0.25, -0.2) is 4.79 Å². The molecule has 0 saturated carbocycles. The molecule has 1 aromatic rings. The number of esters is 1. The zero-order valence-corrected chi connectivity index (χ0v) is 18.5. The van der Waals surface area contributed by atoms with Gasteiger partial charge in [-0.2, -0.15) is 0 Å². The molecule has 1 aliphatic heterocycles. The number of ether oxygens (including phenoxy) is 2. The smallest absolute Gasteiger partial charge is 0.348 e. The van der Waals surface area contributed by atoms with Crippen LogP contribution in [0.25, 0.3) is 0 Å². The van der Waals surface area contributed by atoms with Crippen molar-refractivity contribution in [2.75, 3.05) is 19.7 Å². The fourth-order valence-electron chi connectivity index (χ4n) is 3.56. The summed E-state index contributed by atoms with van der Waals surface area (Å²) in [6.07, 6.45) is 17.1. The molecular formula is C23H39NO3S. The highest BCUT2D eigenvalue weighted by atomic mass is 32.1. The molecule has 1 unspecified atom stereocenters. The van der Waals surface area contributed by atoms with Crippen molar-refractivity contribution in [3.05, 3.63) is 17.0 Å². The van der Waals surface area contributed by atoms with Crippen LogP contribution in [0.5, 0.6) is 5.06 Å². The number of hydrogen-bond acceptors (Lipinski definition) is 5. The lowest BCUT2D eigenvalue weighted by atomic mass is 10.1. The average molecular weight is 410 g/mol. The van der Waals surface area contributed by atoms with Gasteiger partial charge in [0.1, 0.15) is 11.0 Å². The summed E-state index contributed by atoms with van der Waals surface area (Å²) in [7, 11) is 0. The van der Waals surface area contributed by atoms with Crippen LogP contribution >= 0.6 is 11.3 Å². The molecule has 5 heteroatoms. The van der Waals surface area contributed by atoms with Crippen molar-refractivity contribution in [2.45, 2.75) is 96.5 Å². The molecule has 4 nitrogen and oxygen atoms in total. The topological polar surface area (TPSA) is 47.6 Å². The van der Waals surface area contributed by atoms with E-state index < -0.39 is 0 Å². The molecule has 2 rings (SSSR count). The molecule has 0 radical (unpaired) electrons. The Morgan fingerprint density at radius 3 is 2.25 bits per heavy atom. The van der Waals surface area contributed by atoms with Gasteiger partial charge in [0.05, 0.1) is 6.61 Å². The standard InChI is InChI=1S/C23H39NO3S/c1-2-3-4-5-6-7-8-9-10-11-12-13-18-26-22-15-14-21(28-22)23(25)27-20-16-17-24-19-20/h14-15,20,24H,2-13,16-19H2,1H3. The van der Waals surface area contributed by atoms with E-state index in [0.29, 0.717) is 4.88 Å². The maximum Gasteiger partial charge on any atom is 0.348 e. The Hall–Kier alpha value is -1.07. The normalized spacial score (nSPS) is 16.4. The predicted molar refractivity (Wildman–Crippen MR) is 118 cm³/mol. The van der Waals surface area contributed by atoms with Crippen LogP contribution in [0.3, 0.4) is 0 Å². The molecule has 0 amide bonds. The van der Waals surface area contributed by atoms with Crippen molar-refractivity contribution in [3.63, 3.8) is 0 Å². The molecule has 0 spiro atoms. The zero-order chi connectivity index (χ0) is 19.9. The van der Waals surface area contributed by atoms with Gasteiger partial charge in [-0.05, 0) is 31.5 Å². The second-order valence-corrected chi connectivity index (χ2v) is 8.92. The molecule has 1 aromatic heterocycles. The second kappa shape index (κ2) is 14.9. The summed E-state index contributed by atoms with van der Waals surface area (Å²) in [6.45, 7) is 4.70. The Morgan fingerprint density at radius 1 is 1.00 bits per heavy atom. The van der Waals surface area contributed by atoms with Gasteiger partial charge in [0.15, 0.2) is 5.06 Å². The van der Waals surface area contributed by atoms with Gasteiger partial charge in [-0.15, -0.1) is 0 Å². The van der Waals surface area contributed by atoms with Gasteiger partial charge in [0.25, 0.3) is 0 Å². The lowest BCUT2D eigenvalue weighted by molar-refractivity contribution is 0.0350. The van der Waals surface area contributed by atoms with Crippen LogP contribution in [0.2, 0.25) is 0 Å². The van der Waals surface area contributed by atoms with Crippen molar-refractivity contribution in [1.82, 2.24) is 5.32 Å². The minimum atomic E-state index is -0.223. The number of rotatable bonds is 16. The molecule has 1 atom stereocenters.